The van der Waals surface area contributed by atoms with Gasteiger partial charge in [0.1, 0.15) is 29.7 Å². The zero-order chi connectivity index (χ0) is 26.7. The van der Waals surface area contributed by atoms with Gasteiger partial charge in [-0.3, -0.25) is 0 Å². The van der Waals surface area contributed by atoms with Crippen LogP contribution in [0.5, 0.6) is 11.5 Å². The third-order valence-corrected chi connectivity index (χ3v) is 6.70. The fraction of sp³-hybridized carbons (Fsp3) is 0.143. The first kappa shape index (κ1) is 25.3. The lowest BCUT2D eigenvalue weighted by atomic mass is 10.1. The van der Waals surface area contributed by atoms with Crippen molar-refractivity contribution < 1.29 is 32.3 Å². The summed E-state index contributed by atoms with van der Waals surface area (Å²) < 4.78 is 52.3. The van der Waals surface area contributed by atoms with E-state index in [0.717, 1.165) is 22.4 Å². The van der Waals surface area contributed by atoms with Crippen molar-refractivity contribution in [2.24, 2.45) is 0 Å². The second-order valence-electron chi connectivity index (χ2n) is 8.30. The largest absolute Gasteiger partial charge is 0.488 e. The van der Waals surface area contributed by atoms with Gasteiger partial charge in [-0.05, 0) is 48.5 Å². The summed E-state index contributed by atoms with van der Waals surface area (Å²) in [6.07, 6.45) is -2.76. The number of alkyl halides is 3. The Balaban J connectivity index is 1.38. The minimum absolute atomic E-state index is 0.171. The molecule has 10 heteroatoms. The molecule has 0 saturated heterocycles. The minimum atomic E-state index is -4.41. The number of carbonyl (C=O) groups is 1. The minimum Gasteiger partial charge on any atom is -0.488 e. The number of carbonyl (C=O) groups excluding carboxylic acids is 1. The molecule has 38 heavy (non-hydrogen) atoms. The molecule has 5 rings (SSSR count). The van der Waals surface area contributed by atoms with Crippen LogP contribution in [-0.2, 0) is 24.2 Å². The molecule has 0 aliphatic carbocycles. The van der Waals surface area contributed by atoms with Crippen LogP contribution in [0.2, 0.25) is 0 Å². The summed E-state index contributed by atoms with van der Waals surface area (Å²) in [6, 6.07) is 21.4. The van der Waals surface area contributed by atoms with Crippen LogP contribution < -0.4 is 14.3 Å². The van der Waals surface area contributed by atoms with Gasteiger partial charge in [0.15, 0.2) is 0 Å². The van der Waals surface area contributed by atoms with Crippen molar-refractivity contribution in [1.29, 1.82) is 0 Å². The Hall–Kier alpha value is -4.31. The van der Waals surface area contributed by atoms with E-state index in [9.17, 15) is 18.0 Å². The molecule has 0 unspecified atom stereocenters. The molecule has 0 N–H and O–H groups in total. The van der Waals surface area contributed by atoms with Gasteiger partial charge in [-0.25, -0.2) is 9.78 Å². The van der Waals surface area contributed by atoms with Crippen molar-refractivity contribution >= 4 is 28.2 Å². The molecule has 0 bridgehead atoms. The lowest BCUT2D eigenvalue weighted by molar-refractivity contribution is -0.141. The molecule has 3 aromatic carbocycles. The lowest BCUT2D eigenvalue weighted by Crippen LogP contribution is -2.14. The summed E-state index contributed by atoms with van der Waals surface area (Å²) in [5, 5.41) is 1.39. The molecular formula is C28H21F3N2O4S. The number of rotatable bonds is 8. The van der Waals surface area contributed by atoms with E-state index in [-0.39, 0.29) is 13.2 Å². The monoisotopic (exact) mass is 538 g/mol. The molecular weight excluding hydrogens is 517 g/mol. The van der Waals surface area contributed by atoms with E-state index in [4.69, 9.17) is 14.3 Å². The Bertz CT molecular complexity index is 1560. The molecule has 0 aliphatic rings. The van der Waals surface area contributed by atoms with Crippen molar-refractivity contribution in [3.8, 4) is 22.1 Å². The highest BCUT2D eigenvalue weighted by molar-refractivity contribution is 7.15. The van der Waals surface area contributed by atoms with Gasteiger partial charge >= 0.3 is 12.1 Å². The quantitative estimate of drug-likeness (QED) is 0.215. The summed E-state index contributed by atoms with van der Waals surface area (Å²) in [6.45, 7) is 1.68. The molecule has 2 heterocycles. The Morgan fingerprint density at radius 3 is 2.37 bits per heavy atom. The average Bonchev–Trinajstić information content (AvgIpc) is 3.50. The Labute approximate surface area is 219 Å². The fourth-order valence-corrected chi connectivity index (χ4v) is 4.74. The summed E-state index contributed by atoms with van der Waals surface area (Å²) in [5.74, 6) is 0.839. The standard InChI is InChI=1S/C28H21F3N2O4S/c1-18(34)37-33-14-13-20-15-23(11-12-25(20)33)36-17-26-24(16-35-22-5-3-2-4-6-22)32-27(38-26)19-7-9-21(10-8-19)28(29,30)31/h2-15H,16-17H2,1H3. The molecule has 0 amide bonds. The van der Waals surface area contributed by atoms with Gasteiger partial charge in [0, 0.05) is 24.1 Å². The summed E-state index contributed by atoms with van der Waals surface area (Å²) in [7, 11) is 0. The van der Waals surface area contributed by atoms with Gasteiger partial charge in [0.05, 0.1) is 21.7 Å². The van der Waals surface area contributed by atoms with Crippen LogP contribution in [0.15, 0.2) is 85.1 Å². The normalized spacial score (nSPS) is 11.5. The second kappa shape index (κ2) is 10.6. The number of halogens is 3. The zero-order valence-corrected chi connectivity index (χ0v) is 20.9. The number of thiazole rings is 1. The van der Waals surface area contributed by atoms with Crippen LogP contribution in [0, 0.1) is 0 Å². The van der Waals surface area contributed by atoms with E-state index < -0.39 is 17.7 Å². The maximum Gasteiger partial charge on any atom is 0.416 e. The number of nitrogens with zero attached hydrogens (tertiary/aromatic N) is 2. The summed E-state index contributed by atoms with van der Waals surface area (Å²) in [5.41, 5.74) is 1.21. The Morgan fingerprint density at radius 2 is 1.66 bits per heavy atom. The second-order valence-corrected chi connectivity index (χ2v) is 9.38. The average molecular weight is 539 g/mol. The third-order valence-electron chi connectivity index (χ3n) is 5.58. The van der Waals surface area contributed by atoms with Crippen LogP contribution in [0.1, 0.15) is 23.1 Å². The highest BCUT2D eigenvalue weighted by Crippen LogP contribution is 2.34. The van der Waals surface area contributed by atoms with E-state index in [1.54, 1.807) is 24.4 Å². The number of benzene rings is 3. The third kappa shape index (κ3) is 5.81. The van der Waals surface area contributed by atoms with Gasteiger partial charge in [-0.1, -0.05) is 30.3 Å². The number of hydrogen-bond donors (Lipinski definition) is 0. The zero-order valence-electron chi connectivity index (χ0n) is 20.1. The molecule has 0 fully saturated rings. The number of hydrogen-bond acceptors (Lipinski definition) is 6. The maximum absolute atomic E-state index is 13.0. The number of ether oxygens (including phenoxy) is 2. The SMILES string of the molecule is CC(=O)On1ccc2cc(OCc3sc(-c4ccc(C(F)(F)F)cc4)nc3COc3ccccc3)ccc21. The Morgan fingerprint density at radius 1 is 0.921 bits per heavy atom. The van der Waals surface area contributed by atoms with Crippen molar-refractivity contribution in [2.75, 3.05) is 0 Å². The maximum atomic E-state index is 13.0. The first-order valence-electron chi connectivity index (χ1n) is 11.5. The molecule has 0 aliphatic heterocycles. The predicted octanol–water partition coefficient (Wildman–Crippen LogP) is 6.92. The molecule has 0 radical (unpaired) electrons. The molecule has 6 nitrogen and oxygen atoms in total. The van der Waals surface area contributed by atoms with E-state index >= 15 is 0 Å². The van der Waals surface area contributed by atoms with Gasteiger partial charge in [-0.2, -0.15) is 17.9 Å². The van der Waals surface area contributed by atoms with Gasteiger partial charge in [0.25, 0.3) is 0 Å². The smallest absolute Gasteiger partial charge is 0.416 e. The van der Waals surface area contributed by atoms with E-state index in [2.05, 4.69) is 4.98 Å². The van der Waals surface area contributed by atoms with Crippen molar-refractivity contribution in [3.63, 3.8) is 0 Å². The molecule has 0 saturated carbocycles. The van der Waals surface area contributed by atoms with Crippen molar-refractivity contribution in [3.05, 3.63) is 101 Å². The van der Waals surface area contributed by atoms with E-state index in [1.807, 2.05) is 36.4 Å². The van der Waals surface area contributed by atoms with Crippen LogP contribution in [0.3, 0.4) is 0 Å². The molecule has 194 valence electrons. The molecule has 2 aromatic heterocycles. The fourth-order valence-electron chi connectivity index (χ4n) is 3.75. The van der Waals surface area contributed by atoms with Crippen molar-refractivity contribution in [1.82, 2.24) is 9.71 Å². The van der Waals surface area contributed by atoms with E-state index in [1.165, 1.54) is 35.1 Å². The topological polar surface area (TPSA) is 62.6 Å². The number of para-hydroxylation sites is 1. The summed E-state index contributed by atoms with van der Waals surface area (Å²) in [4.78, 5) is 21.9. The predicted molar refractivity (Wildman–Crippen MR) is 137 cm³/mol. The summed E-state index contributed by atoms with van der Waals surface area (Å²) >= 11 is 1.34. The van der Waals surface area contributed by atoms with Gasteiger partial charge < -0.3 is 14.3 Å². The van der Waals surface area contributed by atoms with Crippen LogP contribution in [0.25, 0.3) is 21.5 Å². The van der Waals surface area contributed by atoms with Gasteiger partial charge in [-0.15, -0.1) is 11.3 Å². The first-order chi connectivity index (χ1) is 18.3. The van der Waals surface area contributed by atoms with Crippen LogP contribution in [0.4, 0.5) is 13.2 Å². The number of fused-ring (bicyclic) bond motifs is 1. The molecule has 0 atom stereocenters. The van der Waals surface area contributed by atoms with Crippen LogP contribution >= 0.6 is 11.3 Å². The van der Waals surface area contributed by atoms with Crippen molar-refractivity contribution in [2.45, 2.75) is 26.3 Å². The van der Waals surface area contributed by atoms with Gasteiger partial charge in [0.2, 0.25) is 0 Å². The highest BCUT2D eigenvalue weighted by atomic mass is 32.1. The number of aromatic nitrogens is 2. The molecule has 0 spiro atoms. The lowest BCUT2D eigenvalue weighted by Gasteiger charge is -2.08. The van der Waals surface area contributed by atoms with Crippen LogP contribution in [-0.4, -0.2) is 15.7 Å². The Kier molecular flexibility index (Phi) is 7.06. The first-order valence-corrected chi connectivity index (χ1v) is 12.3. The van der Waals surface area contributed by atoms with E-state index in [0.29, 0.717) is 33.3 Å². The highest BCUT2D eigenvalue weighted by Gasteiger charge is 2.30. The molecule has 5 aromatic rings.